The fourth-order valence-corrected chi connectivity index (χ4v) is 1.91. The lowest BCUT2D eigenvalue weighted by atomic mass is 10.2. The second-order valence-electron chi connectivity index (χ2n) is 3.38. The summed E-state index contributed by atoms with van der Waals surface area (Å²) in [5.41, 5.74) is -16.0. The molecule has 0 amide bonds. The monoisotopic (exact) mass is 374 g/mol. The molecular formula is C6F6N2O6S2-2. The Bertz CT molecular complexity index is 909. The van der Waals surface area contributed by atoms with E-state index in [1.165, 1.54) is 0 Å². The van der Waals surface area contributed by atoms with Crippen LogP contribution in [0, 0.1) is 0 Å². The van der Waals surface area contributed by atoms with Crippen molar-refractivity contribution in [2.45, 2.75) is 11.0 Å². The van der Waals surface area contributed by atoms with Crippen LogP contribution in [-0.4, -0.2) is 28.2 Å². The first kappa shape index (κ1) is 18.4. The molecule has 0 fully saturated rings. The number of rotatable bonds is 2. The van der Waals surface area contributed by atoms with Gasteiger partial charge in [-0.25, -0.2) is 4.36 Å². The fraction of sp³-hybridized carbons (Fsp3) is 0.333. The molecule has 8 nitrogen and oxygen atoms in total. The van der Waals surface area contributed by atoms with Gasteiger partial charge < -0.3 is 9.66 Å². The summed E-state index contributed by atoms with van der Waals surface area (Å²) in [6.45, 7) is 0. The number of alkyl halides is 6. The van der Waals surface area contributed by atoms with Gasteiger partial charge in [0, 0.05) is 0 Å². The van der Waals surface area contributed by atoms with Gasteiger partial charge in [-0.3, -0.25) is 9.00 Å². The number of halogens is 6. The van der Waals surface area contributed by atoms with Crippen LogP contribution in [0.15, 0.2) is 13.6 Å². The van der Waals surface area contributed by atoms with E-state index in [0.717, 1.165) is 0 Å². The zero-order valence-corrected chi connectivity index (χ0v) is 11.1. The molecule has 0 spiro atoms. The van der Waals surface area contributed by atoms with Crippen molar-refractivity contribution in [3.05, 3.63) is 15.6 Å². The Morgan fingerprint density at radius 1 is 0.955 bits per heavy atom. The van der Waals surface area contributed by atoms with Crippen LogP contribution < -0.4 is 15.9 Å². The SMILES string of the molecule is O=c1c([O-])c(N=S(=O)([O-])C(F)(F)F)/c1=N\S(=O)(=O)C(F)(F)F. The van der Waals surface area contributed by atoms with E-state index in [2.05, 4.69) is 0 Å². The quantitative estimate of drug-likeness (QED) is 0.639. The Balaban J connectivity index is 3.69. The highest BCUT2D eigenvalue weighted by Gasteiger charge is 2.46. The summed E-state index contributed by atoms with van der Waals surface area (Å²) in [5, 5.41) is 8.89. The Morgan fingerprint density at radius 2 is 1.41 bits per heavy atom. The molecule has 1 aromatic carbocycles. The van der Waals surface area contributed by atoms with Crippen molar-refractivity contribution in [1.82, 2.24) is 0 Å². The molecule has 0 radical (unpaired) electrons. The number of nitrogens with zero attached hydrogens (tertiary/aromatic N) is 2. The Kier molecular flexibility index (Phi) is 4.10. The zero-order chi connectivity index (χ0) is 17.7. The summed E-state index contributed by atoms with van der Waals surface area (Å²) in [6, 6.07) is 0. The summed E-state index contributed by atoms with van der Waals surface area (Å²) in [7, 11) is -12.8. The molecule has 1 atom stereocenters. The van der Waals surface area contributed by atoms with Crippen LogP contribution >= 0.6 is 0 Å². The zero-order valence-electron chi connectivity index (χ0n) is 9.43. The average Bonchev–Trinajstić information content (AvgIpc) is 2.30. The molecule has 0 N–H and O–H groups in total. The van der Waals surface area contributed by atoms with E-state index in [4.69, 9.17) is 0 Å². The van der Waals surface area contributed by atoms with Crippen molar-refractivity contribution in [3.63, 3.8) is 0 Å². The van der Waals surface area contributed by atoms with Crippen LogP contribution in [-0.2, 0) is 20.0 Å². The van der Waals surface area contributed by atoms with Crippen molar-refractivity contribution in [2.24, 2.45) is 8.76 Å². The van der Waals surface area contributed by atoms with Gasteiger partial charge in [-0.1, -0.05) is 0 Å². The van der Waals surface area contributed by atoms with Gasteiger partial charge in [0.25, 0.3) is 0 Å². The predicted molar refractivity (Wildman–Crippen MR) is 52.1 cm³/mol. The molecule has 0 heterocycles. The molecule has 0 aliphatic carbocycles. The minimum absolute atomic E-state index is 1.80. The van der Waals surface area contributed by atoms with Crippen LogP contribution in [0.4, 0.5) is 32.0 Å². The van der Waals surface area contributed by atoms with E-state index in [1.54, 1.807) is 8.76 Å². The maximum Gasteiger partial charge on any atom is 0.518 e. The van der Waals surface area contributed by atoms with Gasteiger partial charge in [-0.05, 0) is 5.75 Å². The number of hydrogen-bond acceptors (Lipinski definition) is 7. The van der Waals surface area contributed by atoms with Crippen LogP contribution in [0.3, 0.4) is 0 Å². The van der Waals surface area contributed by atoms with Crippen LogP contribution in [0.5, 0.6) is 5.75 Å². The van der Waals surface area contributed by atoms with Crippen molar-refractivity contribution >= 4 is 25.7 Å². The Morgan fingerprint density at radius 3 is 1.77 bits per heavy atom. The van der Waals surface area contributed by atoms with Gasteiger partial charge in [-0.15, -0.1) is 4.40 Å². The lowest BCUT2D eigenvalue weighted by molar-refractivity contribution is -0.270. The highest BCUT2D eigenvalue weighted by Crippen LogP contribution is 2.29. The maximum absolute atomic E-state index is 12.0. The van der Waals surface area contributed by atoms with Gasteiger partial charge in [0.05, 0.1) is 15.7 Å². The number of hydrogen-bond donors (Lipinski definition) is 0. The minimum atomic E-state index is -6.38. The summed E-state index contributed by atoms with van der Waals surface area (Å²) in [5.74, 6) is -2.02. The summed E-state index contributed by atoms with van der Waals surface area (Å²) >= 11 is 0. The van der Waals surface area contributed by atoms with Gasteiger partial charge >= 0.3 is 21.0 Å². The molecule has 0 aliphatic rings. The largest absolute Gasteiger partial charge is 0.868 e. The second kappa shape index (κ2) is 4.92. The lowest BCUT2D eigenvalue weighted by Crippen LogP contribution is -2.38. The second-order valence-corrected chi connectivity index (χ2v) is 6.57. The summed E-state index contributed by atoms with van der Waals surface area (Å²) in [4.78, 5) is 10.8. The first-order chi connectivity index (χ1) is 9.51. The van der Waals surface area contributed by atoms with E-state index in [-0.39, 0.29) is 0 Å². The fourth-order valence-electron chi connectivity index (χ4n) is 0.881. The van der Waals surface area contributed by atoms with Gasteiger partial charge in [0.2, 0.25) is 5.43 Å². The molecule has 22 heavy (non-hydrogen) atoms. The van der Waals surface area contributed by atoms with Crippen LogP contribution in [0.2, 0.25) is 0 Å². The third-order valence-electron chi connectivity index (χ3n) is 1.87. The van der Waals surface area contributed by atoms with E-state index >= 15 is 0 Å². The standard InChI is InChI=1S/C6H2F6N2O6S2/c7-5(8,9)21(17,18)13-1-2(4(16)3(1)15)14-22(19,20)6(10,11)12/h15H,(H,13,17,18)/p-2/b14-2+. The number of sulfonamides is 1. The topological polar surface area (TPSA) is 139 Å². The van der Waals surface area contributed by atoms with Gasteiger partial charge in [0.1, 0.15) is 5.36 Å². The molecule has 0 aromatic heterocycles. The van der Waals surface area contributed by atoms with E-state index < -0.39 is 53.3 Å². The first-order valence-corrected chi connectivity index (χ1v) is 7.31. The molecule has 1 rings (SSSR count). The minimum Gasteiger partial charge on any atom is -0.868 e. The van der Waals surface area contributed by atoms with Crippen LogP contribution in [0.25, 0.3) is 0 Å². The van der Waals surface area contributed by atoms with Crippen LogP contribution in [0.1, 0.15) is 0 Å². The third kappa shape index (κ3) is 3.07. The molecular weight excluding hydrogens is 374 g/mol. The van der Waals surface area contributed by atoms with Crippen molar-refractivity contribution in [1.29, 1.82) is 0 Å². The highest BCUT2D eigenvalue weighted by atomic mass is 32.2. The van der Waals surface area contributed by atoms with Gasteiger partial charge in [-0.2, -0.15) is 34.8 Å². The summed E-state index contributed by atoms with van der Waals surface area (Å²) < 4.78 is 118. The van der Waals surface area contributed by atoms with Crippen molar-refractivity contribution < 1.29 is 48.6 Å². The average molecular weight is 374 g/mol. The molecule has 1 unspecified atom stereocenters. The molecule has 126 valence electrons. The van der Waals surface area contributed by atoms with Crippen molar-refractivity contribution in [3.8, 4) is 5.75 Å². The van der Waals surface area contributed by atoms with E-state index in [1.807, 2.05) is 0 Å². The molecule has 16 heteroatoms. The van der Waals surface area contributed by atoms with E-state index in [9.17, 15) is 53.4 Å². The summed E-state index contributed by atoms with van der Waals surface area (Å²) in [6.07, 6.45) is 0. The third-order valence-corrected chi connectivity index (χ3v) is 3.88. The smallest absolute Gasteiger partial charge is 0.518 e. The lowest BCUT2D eigenvalue weighted by Gasteiger charge is -2.20. The molecule has 0 saturated carbocycles. The molecule has 0 aliphatic heterocycles. The first-order valence-electron chi connectivity index (χ1n) is 4.43. The van der Waals surface area contributed by atoms with Crippen molar-refractivity contribution in [2.75, 3.05) is 0 Å². The Labute approximate surface area is 116 Å². The highest BCUT2D eigenvalue weighted by molar-refractivity contribution is 7.90. The Hall–Kier alpha value is -1.68. The molecule has 0 saturated heterocycles. The molecule has 0 bridgehead atoms. The van der Waals surface area contributed by atoms with E-state index in [0.29, 0.717) is 0 Å². The maximum atomic E-state index is 12.0. The molecule has 1 aromatic rings. The normalized spacial score (nSPS) is 17.5. The predicted octanol–water partition coefficient (Wildman–Crippen LogP) is -0.504. The van der Waals surface area contributed by atoms with Gasteiger partial charge in [0.15, 0.2) is 0 Å².